The summed E-state index contributed by atoms with van der Waals surface area (Å²) in [5.41, 5.74) is 1.40. The Morgan fingerprint density at radius 3 is 2.27 bits per heavy atom. The van der Waals surface area contributed by atoms with Gasteiger partial charge in [0.25, 0.3) is 11.8 Å². The molecule has 0 saturated heterocycles. The average Bonchev–Trinajstić information content (AvgIpc) is 2.69. The first kappa shape index (κ1) is 18.0. The van der Waals surface area contributed by atoms with Crippen molar-refractivity contribution >= 4 is 17.5 Å². The molecule has 0 radical (unpaired) electrons. The molecule has 1 saturated carbocycles. The molecular weight excluding hydrogens is 328 g/mol. The summed E-state index contributed by atoms with van der Waals surface area (Å²) in [6.07, 6.45) is 5.56. The number of anilines is 1. The Hall–Kier alpha value is -2.82. The SMILES string of the molecule is COc1ccccc1C(=O)Nc1ccccc1C(=O)NC1CCCCC1. The molecule has 2 aromatic carbocycles. The summed E-state index contributed by atoms with van der Waals surface area (Å²) in [5.74, 6) is 0.0438. The molecule has 0 bridgehead atoms. The van der Waals surface area contributed by atoms with Crippen LogP contribution < -0.4 is 15.4 Å². The van der Waals surface area contributed by atoms with Gasteiger partial charge in [0.05, 0.1) is 23.9 Å². The zero-order chi connectivity index (χ0) is 18.4. The maximum absolute atomic E-state index is 12.7. The average molecular weight is 352 g/mol. The Bertz CT molecular complexity index is 782. The molecule has 5 nitrogen and oxygen atoms in total. The number of methoxy groups -OCH3 is 1. The van der Waals surface area contributed by atoms with Crippen LogP contribution in [0.4, 0.5) is 5.69 Å². The smallest absolute Gasteiger partial charge is 0.259 e. The minimum absolute atomic E-state index is 0.146. The number of benzene rings is 2. The molecule has 0 aliphatic heterocycles. The van der Waals surface area contributed by atoms with E-state index in [4.69, 9.17) is 4.74 Å². The maximum Gasteiger partial charge on any atom is 0.259 e. The van der Waals surface area contributed by atoms with Crippen molar-refractivity contribution in [2.24, 2.45) is 0 Å². The highest BCUT2D eigenvalue weighted by Gasteiger charge is 2.20. The van der Waals surface area contributed by atoms with E-state index >= 15 is 0 Å². The van der Waals surface area contributed by atoms with Gasteiger partial charge in [0.1, 0.15) is 5.75 Å². The fraction of sp³-hybridized carbons (Fsp3) is 0.333. The Morgan fingerprint density at radius 1 is 0.885 bits per heavy atom. The highest BCUT2D eigenvalue weighted by atomic mass is 16.5. The van der Waals surface area contributed by atoms with Crippen molar-refractivity contribution < 1.29 is 14.3 Å². The van der Waals surface area contributed by atoms with Gasteiger partial charge in [0.2, 0.25) is 0 Å². The van der Waals surface area contributed by atoms with Crippen LogP contribution in [0.5, 0.6) is 5.75 Å². The predicted octanol–water partition coefficient (Wildman–Crippen LogP) is 4.01. The Kier molecular flexibility index (Phi) is 5.89. The minimum Gasteiger partial charge on any atom is -0.496 e. The van der Waals surface area contributed by atoms with E-state index in [2.05, 4.69) is 10.6 Å². The Labute approximate surface area is 153 Å². The number of carbonyl (C=O) groups excluding carboxylic acids is 2. The third-order valence-corrected chi connectivity index (χ3v) is 4.71. The van der Waals surface area contributed by atoms with Crippen molar-refractivity contribution in [3.05, 3.63) is 59.7 Å². The molecule has 2 amide bonds. The first-order valence-corrected chi connectivity index (χ1v) is 9.03. The molecular formula is C21H24N2O3. The van der Waals surface area contributed by atoms with E-state index in [1.54, 1.807) is 48.5 Å². The van der Waals surface area contributed by atoms with Gasteiger partial charge in [-0.05, 0) is 37.1 Å². The van der Waals surface area contributed by atoms with Crippen LogP contribution in [0.15, 0.2) is 48.5 Å². The van der Waals surface area contributed by atoms with Crippen molar-refractivity contribution in [3.63, 3.8) is 0 Å². The first-order chi connectivity index (χ1) is 12.7. The molecule has 0 aromatic heterocycles. The van der Waals surface area contributed by atoms with Crippen LogP contribution >= 0.6 is 0 Å². The van der Waals surface area contributed by atoms with E-state index in [0.29, 0.717) is 22.6 Å². The van der Waals surface area contributed by atoms with Crippen LogP contribution in [0, 0.1) is 0 Å². The second kappa shape index (κ2) is 8.52. The molecule has 0 heterocycles. The van der Waals surface area contributed by atoms with Gasteiger partial charge in [-0.15, -0.1) is 0 Å². The number of carbonyl (C=O) groups is 2. The summed E-state index contributed by atoms with van der Waals surface area (Å²) in [6, 6.07) is 14.3. The molecule has 0 atom stereocenters. The summed E-state index contributed by atoms with van der Waals surface area (Å²) >= 11 is 0. The number of nitrogens with one attached hydrogen (secondary N) is 2. The lowest BCUT2D eigenvalue weighted by Crippen LogP contribution is -2.36. The molecule has 5 heteroatoms. The summed E-state index contributed by atoms with van der Waals surface area (Å²) in [5, 5.41) is 5.94. The van der Waals surface area contributed by atoms with Crippen molar-refractivity contribution in [1.82, 2.24) is 5.32 Å². The number of rotatable bonds is 5. The summed E-state index contributed by atoms with van der Waals surface area (Å²) in [7, 11) is 1.53. The van der Waals surface area contributed by atoms with Crippen LogP contribution in [0.1, 0.15) is 52.8 Å². The van der Waals surface area contributed by atoms with Crippen LogP contribution in [0.25, 0.3) is 0 Å². The molecule has 136 valence electrons. The van der Waals surface area contributed by atoms with E-state index in [1.807, 2.05) is 0 Å². The number of ether oxygens (including phenoxy) is 1. The third-order valence-electron chi connectivity index (χ3n) is 4.71. The van der Waals surface area contributed by atoms with Crippen LogP contribution in [-0.2, 0) is 0 Å². The summed E-state index contributed by atoms with van der Waals surface area (Å²) < 4.78 is 5.24. The van der Waals surface area contributed by atoms with Gasteiger partial charge in [-0.3, -0.25) is 9.59 Å². The van der Waals surface area contributed by atoms with Crippen molar-refractivity contribution in [1.29, 1.82) is 0 Å². The molecule has 1 aliphatic rings. The number of para-hydroxylation sites is 2. The quantitative estimate of drug-likeness (QED) is 0.854. The molecule has 1 fully saturated rings. The van der Waals surface area contributed by atoms with Gasteiger partial charge < -0.3 is 15.4 Å². The molecule has 2 aromatic rings. The number of hydrogen-bond acceptors (Lipinski definition) is 3. The van der Waals surface area contributed by atoms with Gasteiger partial charge in [-0.1, -0.05) is 43.5 Å². The van der Waals surface area contributed by atoms with E-state index < -0.39 is 0 Å². The topological polar surface area (TPSA) is 67.4 Å². The lowest BCUT2D eigenvalue weighted by molar-refractivity contribution is 0.0928. The van der Waals surface area contributed by atoms with Gasteiger partial charge >= 0.3 is 0 Å². The fourth-order valence-electron chi connectivity index (χ4n) is 3.32. The summed E-state index contributed by atoms with van der Waals surface area (Å²) in [4.78, 5) is 25.3. The maximum atomic E-state index is 12.7. The van der Waals surface area contributed by atoms with Gasteiger partial charge in [0, 0.05) is 6.04 Å². The highest BCUT2D eigenvalue weighted by molar-refractivity contribution is 6.10. The van der Waals surface area contributed by atoms with Crippen LogP contribution in [-0.4, -0.2) is 25.0 Å². The van der Waals surface area contributed by atoms with Gasteiger partial charge in [0.15, 0.2) is 0 Å². The monoisotopic (exact) mass is 352 g/mol. The Balaban J connectivity index is 1.76. The highest BCUT2D eigenvalue weighted by Crippen LogP contribution is 2.22. The largest absolute Gasteiger partial charge is 0.496 e. The van der Waals surface area contributed by atoms with E-state index in [1.165, 1.54) is 13.5 Å². The second-order valence-electron chi connectivity index (χ2n) is 6.51. The minimum atomic E-state index is -0.305. The number of hydrogen-bond donors (Lipinski definition) is 2. The number of amides is 2. The molecule has 3 rings (SSSR count). The van der Waals surface area contributed by atoms with Crippen LogP contribution in [0.3, 0.4) is 0 Å². The first-order valence-electron chi connectivity index (χ1n) is 9.03. The van der Waals surface area contributed by atoms with Gasteiger partial charge in [-0.2, -0.15) is 0 Å². The van der Waals surface area contributed by atoms with E-state index in [0.717, 1.165) is 25.7 Å². The van der Waals surface area contributed by atoms with E-state index in [9.17, 15) is 9.59 Å². The lowest BCUT2D eigenvalue weighted by atomic mass is 9.95. The molecule has 1 aliphatic carbocycles. The third kappa shape index (κ3) is 4.23. The van der Waals surface area contributed by atoms with Gasteiger partial charge in [-0.25, -0.2) is 0 Å². The molecule has 26 heavy (non-hydrogen) atoms. The standard InChI is InChI=1S/C21H24N2O3/c1-26-19-14-8-6-12-17(19)21(25)23-18-13-7-5-11-16(18)20(24)22-15-9-3-2-4-10-15/h5-8,11-15H,2-4,9-10H2,1H3,(H,22,24)(H,23,25). The molecule has 0 unspecified atom stereocenters. The zero-order valence-corrected chi connectivity index (χ0v) is 15.0. The van der Waals surface area contributed by atoms with Crippen LogP contribution in [0.2, 0.25) is 0 Å². The molecule has 0 spiro atoms. The van der Waals surface area contributed by atoms with Crippen molar-refractivity contribution in [3.8, 4) is 5.75 Å². The summed E-state index contributed by atoms with van der Waals surface area (Å²) in [6.45, 7) is 0. The normalized spacial score (nSPS) is 14.5. The lowest BCUT2D eigenvalue weighted by Gasteiger charge is -2.23. The fourth-order valence-corrected chi connectivity index (χ4v) is 3.32. The van der Waals surface area contributed by atoms with Crippen molar-refractivity contribution in [2.75, 3.05) is 12.4 Å². The molecule has 2 N–H and O–H groups in total. The predicted molar refractivity (Wildman–Crippen MR) is 102 cm³/mol. The zero-order valence-electron chi connectivity index (χ0n) is 15.0. The second-order valence-corrected chi connectivity index (χ2v) is 6.51. The van der Waals surface area contributed by atoms with E-state index in [-0.39, 0.29) is 17.9 Å². The Morgan fingerprint density at radius 2 is 1.54 bits per heavy atom. The van der Waals surface area contributed by atoms with Crippen molar-refractivity contribution in [2.45, 2.75) is 38.1 Å².